The molecule has 0 saturated carbocycles. The standard InChI is InChI=1S/C17H22N4O4/c1-5-24-16(23)15-14(19-21-20-15)11-6-8-12(9-7-11)25-10-13(22)18-17(2,3)4/h6-9H,5,10H2,1-4H3,(H,18,22)(H,19,20,21). The van der Waals surface area contributed by atoms with Crippen molar-refractivity contribution < 1.29 is 19.1 Å². The number of carbonyl (C=O) groups excluding carboxylic acids is 2. The van der Waals surface area contributed by atoms with Crippen molar-refractivity contribution in [2.45, 2.75) is 33.2 Å². The molecule has 0 atom stereocenters. The van der Waals surface area contributed by atoms with Crippen LogP contribution < -0.4 is 10.1 Å². The molecule has 8 heteroatoms. The van der Waals surface area contributed by atoms with Crippen molar-refractivity contribution in [2.24, 2.45) is 0 Å². The number of esters is 1. The van der Waals surface area contributed by atoms with Gasteiger partial charge in [0.1, 0.15) is 11.4 Å². The first-order valence-electron chi connectivity index (χ1n) is 7.92. The zero-order chi connectivity index (χ0) is 18.4. The molecule has 2 aromatic rings. The first-order valence-corrected chi connectivity index (χ1v) is 7.92. The topological polar surface area (TPSA) is 106 Å². The Bertz CT molecular complexity index is 732. The summed E-state index contributed by atoms with van der Waals surface area (Å²) in [5.74, 6) is -0.197. The number of benzene rings is 1. The lowest BCUT2D eigenvalue weighted by atomic mass is 10.1. The molecule has 25 heavy (non-hydrogen) atoms. The third kappa shape index (κ3) is 5.30. The van der Waals surface area contributed by atoms with Crippen LogP contribution in [0, 0.1) is 0 Å². The van der Waals surface area contributed by atoms with Crippen LogP contribution in [0.5, 0.6) is 5.75 Å². The van der Waals surface area contributed by atoms with Crippen molar-refractivity contribution in [3.8, 4) is 17.0 Å². The smallest absolute Gasteiger partial charge is 0.361 e. The van der Waals surface area contributed by atoms with E-state index >= 15 is 0 Å². The number of aromatic amines is 1. The van der Waals surface area contributed by atoms with Crippen LogP contribution in [0.1, 0.15) is 38.2 Å². The van der Waals surface area contributed by atoms with Crippen LogP contribution in [-0.4, -0.2) is 46.0 Å². The highest BCUT2D eigenvalue weighted by Gasteiger charge is 2.19. The molecule has 0 aliphatic rings. The summed E-state index contributed by atoms with van der Waals surface area (Å²) in [7, 11) is 0. The summed E-state index contributed by atoms with van der Waals surface area (Å²) in [6, 6.07) is 6.86. The lowest BCUT2D eigenvalue weighted by Crippen LogP contribution is -2.43. The average Bonchev–Trinajstić information content (AvgIpc) is 3.02. The van der Waals surface area contributed by atoms with E-state index in [9.17, 15) is 9.59 Å². The van der Waals surface area contributed by atoms with Gasteiger partial charge in [-0.15, -0.1) is 5.10 Å². The molecule has 1 aromatic carbocycles. The van der Waals surface area contributed by atoms with Crippen molar-refractivity contribution in [3.63, 3.8) is 0 Å². The minimum Gasteiger partial charge on any atom is -0.484 e. The molecular weight excluding hydrogens is 324 g/mol. The molecular formula is C17H22N4O4. The highest BCUT2D eigenvalue weighted by molar-refractivity contribution is 5.93. The first-order chi connectivity index (χ1) is 11.8. The van der Waals surface area contributed by atoms with Crippen molar-refractivity contribution >= 4 is 11.9 Å². The summed E-state index contributed by atoms with van der Waals surface area (Å²) in [5.41, 5.74) is 0.902. The quantitative estimate of drug-likeness (QED) is 0.774. The molecule has 0 spiro atoms. The second-order valence-corrected chi connectivity index (χ2v) is 6.35. The molecule has 134 valence electrons. The van der Waals surface area contributed by atoms with Crippen LogP contribution in [0.15, 0.2) is 24.3 Å². The van der Waals surface area contributed by atoms with E-state index in [1.54, 1.807) is 31.2 Å². The molecule has 0 unspecified atom stereocenters. The number of hydrogen-bond donors (Lipinski definition) is 2. The van der Waals surface area contributed by atoms with Gasteiger partial charge in [-0.2, -0.15) is 10.3 Å². The second-order valence-electron chi connectivity index (χ2n) is 6.35. The van der Waals surface area contributed by atoms with E-state index in [4.69, 9.17) is 9.47 Å². The van der Waals surface area contributed by atoms with Gasteiger partial charge < -0.3 is 14.8 Å². The van der Waals surface area contributed by atoms with Gasteiger partial charge in [0.05, 0.1) is 6.61 Å². The van der Waals surface area contributed by atoms with E-state index < -0.39 is 5.97 Å². The van der Waals surface area contributed by atoms with Gasteiger partial charge in [-0.05, 0) is 52.0 Å². The Morgan fingerprint density at radius 3 is 2.44 bits per heavy atom. The number of amides is 1. The predicted octanol–water partition coefficient (Wildman–Crippen LogP) is 1.94. The number of aromatic nitrogens is 3. The number of H-pyrrole nitrogens is 1. The van der Waals surface area contributed by atoms with Crippen LogP contribution in [0.3, 0.4) is 0 Å². The number of nitrogens with zero attached hydrogens (tertiary/aromatic N) is 2. The van der Waals surface area contributed by atoms with Gasteiger partial charge in [0.25, 0.3) is 5.91 Å². The molecule has 0 bridgehead atoms. The predicted molar refractivity (Wildman–Crippen MR) is 91.2 cm³/mol. The SMILES string of the molecule is CCOC(=O)c1n[nH]nc1-c1ccc(OCC(=O)NC(C)(C)C)cc1. The summed E-state index contributed by atoms with van der Waals surface area (Å²) in [6.45, 7) is 7.61. The highest BCUT2D eigenvalue weighted by atomic mass is 16.5. The number of rotatable bonds is 6. The highest BCUT2D eigenvalue weighted by Crippen LogP contribution is 2.23. The fraction of sp³-hybridized carbons (Fsp3) is 0.412. The van der Waals surface area contributed by atoms with Gasteiger partial charge in [0, 0.05) is 11.1 Å². The number of nitrogens with one attached hydrogen (secondary N) is 2. The van der Waals surface area contributed by atoms with E-state index in [-0.39, 0.29) is 30.4 Å². The zero-order valence-corrected chi connectivity index (χ0v) is 14.8. The van der Waals surface area contributed by atoms with Crippen LogP contribution >= 0.6 is 0 Å². The van der Waals surface area contributed by atoms with Gasteiger partial charge in [-0.25, -0.2) is 4.79 Å². The van der Waals surface area contributed by atoms with E-state index in [2.05, 4.69) is 20.7 Å². The second kappa shape index (κ2) is 7.78. The van der Waals surface area contributed by atoms with Gasteiger partial charge >= 0.3 is 5.97 Å². The third-order valence-electron chi connectivity index (χ3n) is 3.03. The van der Waals surface area contributed by atoms with Crippen molar-refractivity contribution in [1.29, 1.82) is 0 Å². The van der Waals surface area contributed by atoms with Gasteiger partial charge in [-0.3, -0.25) is 4.79 Å². The normalized spacial score (nSPS) is 11.0. The molecule has 0 saturated heterocycles. The van der Waals surface area contributed by atoms with Crippen molar-refractivity contribution in [3.05, 3.63) is 30.0 Å². The Hall–Kier alpha value is -2.90. The maximum atomic E-state index is 11.8. The van der Waals surface area contributed by atoms with E-state index in [0.717, 1.165) is 0 Å². The van der Waals surface area contributed by atoms with Crippen LogP contribution in [0.4, 0.5) is 0 Å². The number of carbonyl (C=O) groups is 2. The summed E-state index contributed by atoms with van der Waals surface area (Å²) >= 11 is 0. The summed E-state index contributed by atoms with van der Waals surface area (Å²) in [6.07, 6.45) is 0. The fourth-order valence-electron chi connectivity index (χ4n) is 2.09. The monoisotopic (exact) mass is 346 g/mol. The summed E-state index contributed by atoms with van der Waals surface area (Å²) in [4.78, 5) is 23.6. The van der Waals surface area contributed by atoms with Crippen LogP contribution in [-0.2, 0) is 9.53 Å². The molecule has 0 aliphatic carbocycles. The van der Waals surface area contributed by atoms with Gasteiger partial charge in [-0.1, -0.05) is 0 Å². The zero-order valence-electron chi connectivity index (χ0n) is 14.8. The van der Waals surface area contributed by atoms with Gasteiger partial charge in [0.2, 0.25) is 0 Å². The largest absolute Gasteiger partial charge is 0.484 e. The van der Waals surface area contributed by atoms with E-state index in [0.29, 0.717) is 17.0 Å². The molecule has 1 heterocycles. The molecule has 1 amide bonds. The first kappa shape index (κ1) is 18.4. The fourth-order valence-corrected chi connectivity index (χ4v) is 2.09. The Morgan fingerprint density at radius 2 is 1.84 bits per heavy atom. The Kier molecular flexibility index (Phi) is 5.74. The third-order valence-corrected chi connectivity index (χ3v) is 3.03. The lowest BCUT2D eigenvalue weighted by molar-refractivity contribution is -0.124. The molecule has 1 aromatic heterocycles. The lowest BCUT2D eigenvalue weighted by Gasteiger charge is -2.20. The molecule has 8 nitrogen and oxygen atoms in total. The van der Waals surface area contributed by atoms with E-state index in [1.165, 1.54) is 0 Å². The van der Waals surface area contributed by atoms with Gasteiger partial charge in [0.15, 0.2) is 12.3 Å². The summed E-state index contributed by atoms with van der Waals surface area (Å²) < 4.78 is 10.4. The Morgan fingerprint density at radius 1 is 1.16 bits per heavy atom. The Balaban J connectivity index is 2.02. The van der Waals surface area contributed by atoms with Crippen LogP contribution in [0.2, 0.25) is 0 Å². The summed E-state index contributed by atoms with van der Waals surface area (Å²) in [5, 5.41) is 13.1. The molecule has 2 N–H and O–H groups in total. The molecule has 0 fully saturated rings. The number of hydrogen-bond acceptors (Lipinski definition) is 6. The van der Waals surface area contributed by atoms with Crippen LogP contribution in [0.25, 0.3) is 11.3 Å². The minimum absolute atomic E-state index is 0.0747. The molecule has 2 rings (SSSR count). The average molecular weight is 346 g/mol. The minimum atomic E-state index is -0.537. The van der Waals surface area contributed by atoms with Crippen molar-refractivity contribution in [1.82, 2.24) is 20.7 Å². The maximum absolute atomic E-state index is 11.8. The van der Waals surface area contributed by atoms with Crippen molar-refractivity contribution in [2.75, 3.05) is 13.2 Å². The maximum Gasteiger partial charge on any atom is 0.361 e. The van der Waals surface area contributed by atoms with E-state index in [1.807, 2.05) is 20.8 Å². The molecule has 0 aliphatic heterocycles. The Labute approximate surface area is 145 Å². The number of ether oxygens (including phenoxy) is 2. The molecule has 0 radical (unpaired) electrons.